The molecule has 3 heterocycles. The Kier molecular flexibility index (Phi) is 3.88. The number of rotatable bonds is 4. The summed E-state index contributed by atoms with van der Waals surface area (Å²) < 4.78 is 2.13. The molecular formula is C19H24N4O. The number of benzene rings is 1. The van der Waals surface area contributed by atoms with Crippen LogP contribution >= 0.6 is 0 Å². The van der Waals surface area contributed by atoms with Crippen LogP contribution in [0.1, 0.15) is 29.4 Å². The number of aryl methyl sites for hydroxylation is 2. The Hall–Kier alpha value is -2.14. The molecule has 4 rings (SSSR count). The van der Waals surface area contributed by atoms with E-state index >= 15 is 0 Å². The molecule has 2 aliphatic heterocycles. The number of likely N-dealkylation sites (tertiary alicyclic amines) is 1. The lowest BCUT2D eigenvalue weighted by molar-refractivity contribution is -0.119. The lowest BCUT2D eigenvalue weighted by Gasteiger charge is -2.39. The molecule has 0 saturated carbocycles. The molecule has 0 bridgehead atoms. The molecule has 126 valence electrons. The average Bonchev–Trinajstić information content (AvgIpc) is 3.09. The van der Waals surface area contributed by atoms with Crippen LogP contribution in [0.25, 0.3) is 0 Å². The number of nitrogens with zero attached hydrogens (tertiary/aromatic N) is 4. The van der Waals surface area contributed by atoms with Crippen molar-refractivity contribution in [1.29, 1.82) is 0 Å². The normalized spacial score (nSPS) is 17.8. The van der Waals surface area contributed by atoms with E-state index in [0.717, 1.165) is 44.0 Å². The molecule has 0 N–H and O–H groups in total. The van der Waals surface area contributed by atoms with Crippen molar-refractivity contribution in [3.8, 4) is 0 Å². The van der Waals surface area contributed by atoms with Crippen molar-refractivity contribution < 1.29 is 4.79 Å². The monoisotopic (exact) mass is 324 g/mol. The second-order valence-corrected chi connectivity index (χ2v) is 6.96. The Bertz CT molecular complexity index is 760. The van der Waals surface area contributed by atoms with Crippen LogP contribution in [0.15, 0.2) is 30.3 Å². The summed E-state index contributed by atoms with van der Waals surface area (Å²) in [4.78, 5) is 16.8. The largest absolute Gasteiger partial charge is 0.312 e. The van der Waals surface area contributed by atoms with Gasteiger partial charge in [0.15, 0.2) is 0 Å². The van der Waals surface area contributed by atoms with Crippen molar-refractivity contribution in [2.24, 2.45) is 0 Å². The molecule has 1 fully saturated rings. The van der Waals surface area contributed by atoms with E-state index in [9.17, 15) is 4.79 Å². The van der Waals surface area contributed by atoms with Crippen LogP contribution in [0.3, 0.4) is 0 Å². The zero-order chi connectivity index (χ0) is 16.7. The number of amides is 1. The SMILES string of the molecule is Cc1cc(C)n(C2CN(CCC(=O)N3CCc4ccccc43)C2)n1. The number of hydrogen-bond acceptors (Lipinski definition) is 3. The summed E-state index contributed by atoms with van der Waals surface area (Å²) in [5, 5.41) is 4.56. The van der Waals surface area contributed by atoms with E-state index in [1.54, 1.807) is 0 Å². The van der Waals surface area contributed by atoms with Crippen molar-refractivity contribution in [3.63, 3.8) is 0 Å². The highest BCUT2D eigenvalue weighted by atomic mass is 16.2. The summed E-state index contributed by atoms with van der Waals surface area (Å²) in [6.45, 7) is 7.79. The van der Waals surface area contributed by atoms with E-state index in [1.165, 1.54) is 11.3 Å². The molecular weight excluding hydrogens is 300 g/mol. The molecule has 1 aromatic heterocycles. The van der Waals surface area contributed by atoms with Crippen LogP contribution in [-0.4, -0.2) is 46.8 Å². The lowest BCUT2D eigenvalue weighted by atomic mass is 10.1. The maximum absolute atomic E-state index is 12.5. The molecule has 0 unspecified atom stereocenters. The molecule has 5 nitrogen and oxygen atoms in total. The number of fused-ring (bicyclic) bond motifs is 1. The third-order valence-corrected chi connectivity index (χ3v) is 5.16. The quantitative estimate of drug-likeness (QED) is 0.867. The molecule has 0 aliphatic carbocycles. The summed E-state index contributed by atoms with van der Waals surface area (Å²) in [5.74, 6) is 0.245. The topological polar surface area (TPSA) is 41.4 Å². The number of carbonyl (C=O) groups excluding carboxylic acids is 1. The van der Waals surface area contributed by atoms with Gasteiger partial charge in [0.2, 0.25) is 5.91 Å². The Morgan fingerprint density at radius 1 is 1.25 bits per heavy atom. The molecule has 1 saturated heterocycles. The van der Waals surface area contributed by atoms with Crippen LogP contribution in [0.4, 0.5) is 5.69 Å². The van der Waals surface area contributed by atoms with E-state index in [-0.39, 0.29) is 5.91 Å². The summed E-state index contributed by atoms with van der Waals surface area (Å²) in [6, 6.07) is 10.8. The van der Waals surface area contributed by atoms with Gasteiger partial charge in [-0.3, -0.25) is 14.4 Å². The summed E-state index contributed by atoms with van der Waals surface area (Å²) in [7, 11) is 0. The Labute approximate surface area is 142 Å². The molecule has 24 heavy (non-hydrogen) atoms. The molecule has 1 aromatic carbocycles. The van der Waals surface area contributed by atoms with Gasteiger partial charge in [0.25, 0.3) is 0 Å². The first-order valence-electron chi connectivity index (χ1n) is 8.75. The van der Waals surface area contributed by atoms with Gasteiger partial charge in [-0.15, -0.1) is 0 Å². The van der Waals surface area contributed by atoms with Crippen molar-refractivity contribution in [3.05, 3.63) is 47.3 Å². The van der Waals surface area contributed by atoms with Crippen molar-refractivity contribution in [1.82, 2.24) is 14.7 Å². The predicted octanol–water partition coefficient (Wildman–Crippen LogP) is 2.34. The van der Waals surface area contributed by atoms with Crippen LogP contribution in [-0.2, 0) is 11.2 Å². The number of para-hydroxylation sites is 1. The minimum absolute atomic E-state index is 0.245. The fourth-order valence-corrected chi connectivity index (χ4v) is 3.88. The zero-order valence-corrected chi connectivity index (χ0v) is 14.4. The number of hydrogen-bond donors (Lipinski definition) is 0. The maximum Gasteiger partial charge on any atom is 0.228 e. The summed E-state index contributed by atoms with van der Waals surface area (Å²) in [6.07, 6.45) is 1.57. The Balaban J connectivity index is 1.28. The van der Waals surface area contributed by atoms with Crippen molar-refractivity contribution in [2.45, 2.75) is 32.7 Å². The number of aromatic nitrogens is 2. The van der Waals surface area contributed by atoms with Crippen LogP contribution in [0, 0.1) is 13.8 Å². The molecule has 5 heteroatoms. The molecule has 0 radical (unpaired) electrons. The van der Waals surface area contributed by atoms with Gasteiger partial charge < -0.3 is 4.90 Å². The lowest BCUT2D eigenvalue weighted by Crippen LogP contribution is -2.49. The maximum atomic E-state index is 12.5. The van der Waals surface area contributed by atoms with E-state index in [2.05, 4.69) is 39.8 Å². The van der Waals surface area contributed by atoms with E-state index < -0.39 is 0 Å². The molecule has 0 atom stereocenters. The average molecular weight is 324 g/mol. The molecule has 0 spiro atoms. The first-order chi connectivity index (χ1) is 11.6. The van der Waals surface area contributed by atoms with Gasteiger partial charge in [0.05, 0.1) is 11.7 Å². The van der Waals surface area contributed by atoms with Gasteiger partial charge in [-0.1, -0.05) is 18.2 Å². The van der Waals surface area contributed by atoms with E-state index in [0.29, 0.717) is 12.5 Å². The van der Waals surface area contributed by atoms with E-state index in [4.69, 9.17) is 0 Å². The van der Waals surface area contributed by atoms with Gasteiger partial charge in [-0.05, 0) is 38.0 Å². The second kappa shape index (κ2) is 6.06. The van der Waals surface area contributed by atoms with Crippen LogP contribution in [0.2, 0.25) is 0 Å². The predicted molar refractivity (Wildman–Crippen MR) is 94.3 cm³/mol. The minimum atomic E-state index is 0.245. The highest BCUT2D eigenvalue weighted by Crippen LogP contribution is 2.28. The fraction of sp³-hybridized carbons (Fsp3) is 0.474. The van der Waals surface area contributed by atoms with E-state index in [1.807, 2.05) is 24.0 Å². The fourth-order valence-electron chi connectivity index (χ4n) is 3.88. The van der Waals surface area contributed by atoms with Crippen molar-refractivity contribution in [2.75, 3.05) is 31.1 Å². The van der Waals surface area contributed by atoms with Crippen LogP contribution < -0.4 is 4.90 Å². The van der Waals surface area contributed by atoms with Crippen LogP contribution in [0.5, 0.6) is 0 Å². The first kappa shape index (κ1) is 15.4. The zero-order valence-electron chi connectivity index (χ0n) is 14.4. The third kappa shape index (κ3) is 2.73. The smallest absolute Gasteiger partial charge is 0.228 e. The van der Waals surface area contributed by atoms with Crippen molar-refractivity contribution >= 4 is 11.6 Å². The van der Waals surface area contributed by atoms with Gasteiger partial charge in [0, 0.05) is 44.0 Å². The molecule has 2 aliphatic rings. The van der Waals surface area contributed by atoms with Gasteiger partial charge >= 0.3 is 0 Å². The standard InChI is InChI=1S/C19H24N4O/c1-14-11-15(2)23(20-14)17-12-21(13-17)9-8-19(24)22-10-7-16-5-3-4-6-18(16)22/h3-6,11,17H,7-10,12-13H2,1-2H3. The molecule has 2 aromatic rings. The highest BCUT2D eigenvalue weighted by Gasteiger charge is 2.31. The Morgan fingerprint density at radius 2 is 2.04 bits per heavy atom. The summed E-state index contributed by atoms with van der Waals surface area (Å²) >= 11 is 0. The van der Waals surface area contributed by atoms with Gasteiger partial charge in [-0.25, -0.2) is 0 Å². The third-order valence-electron chi connectivity index (χ3n) is 5.16. The highest BCUT2D eigenvalue weighted by molar-refractivity contribution is 5.95. The van der Waals surface area contributed by atoms with Gasteiger partial charge in [0.1, 0.15) is 0 Å². The molecule has 1 amide bonds. The number of anilines is 1. The first-order valence-corrected chi connectivity index (χ1v) is 8.75. The number of carbonyl (C=O) groups is 1. The summed E-state index contributed by atoms with van der Waals surface area (Å²) in [5.41, 5.74) is 4.70. The minimum Gasteiger partial charge on any atom is -0.312 e. The van der Waals surface area contributed by atoms with Gasteiger partial charge in [-0.2, -0.15) is 5.10 Å². The Morgan fingerprint density at radius 3 is 2.79 bits per heavy atom. The second-order valence-electron chi connectivity index (χ2n) is 6.96.